The summed E-state index contributed by atoms with van der Waals surface area (Å²) in [5.74, 6) is -5.04. The largest absolute Gasteiger partial charge is 0.493 e. The van der Waals surface area contributed by atoms with Crippen LogP contribution in [0, 0.1) is 29.6 Å². The van der Waals surface area contributed by atoms with Gasteiger partial charge in [0.2, 0.25) is 6.29 Å². The molecule has 2 aromatic rings. The van der Waals surface area contributed by atoms with E-state index in [1.54, 1.807) is 32.4 Å². The van der Waals surface area contributed by atoms with Crippen molar-refractivity contribution in [2.24, 2.45) is 29.6 Å². The Kier molecular flexibility index (Phi) is 11.1. The molecule has 0 bridgehead atoms. The van der Waals surface area contributed by atoms with Crippen molar-refractivity contribution in [2.45, 2.75) is 38.4 Å². The lowest BCUT2D eigenvalue weighted by atomic mass is 9.74. The maximum atomic E-state index is 12.7. The van der Waals surface area contributed by atoms with Crippen LogP contribution in [0.2, 0.25) is 0 Å². The third-order valence-electron chi connectivity index (χ3n) is 8.42. The molecular formula is C32H38O13. The highest BCUT2D eigenvalue weighted by Crippen LogP contribution is 2.41. The average molecular weight is 631 g/mol. The lowest BCUT2D eigenvalue weighted by Gasteiger charge is -2.41. The molecule has 2 fully saturated rings. The summed E-state index contributed by atoms with van der Waals surface area (Å²) < 4.78 is 33.6. The minimum atomic E-state index is -1.20. The van der Waals surface area contributed by atoms with Gasteiger partial charge in [0.25, 0.3) is 0 Å². The Hall–Kier alpha value is -4.52. The number of methoxy groups -OCH3 is 3. The zero-order valence-electron chi connectivity index (χ0n) is 25.3. The first kappa shape index (κ1) is 33.4. The van der Waals surface area contributed by atoms with E-state index in [4.69, 9.17) is 28.4 Å². The van der Waals surface area contributed by atoms with Crippen LogP contribution in [-0.2, 0) is 41.5 Å². The predicted molar refractivity (Wildman–Crippen MR) is 155 cm³/mol. The van der Waals surface area contributed by atoms with Crippen LogP contribution in [0.25, 0.3) is 0 Å². The molecule has 2 aromatic carbocycles. The van der Waals surface area contributed by atoms with Gasteiger partial charge in [-0.15, -0.1) is 0 Å². The number of carboxylic acid groups (broad SMARTS) is 3. The van der Waals surface area contributed by atoms with Crippen LogP contribution in [0.3, 0.4) is 0 Å². The number of aliphatic carboxylic acids is 3. The van der Waals surface area contributed by atoms with Gasteiger partial charge in [-0.1, -0.05) is 12.1 Å². The molecule has 2 aliphatic heterocycles. The van der Waals surface area contributed by atoms with E-state index >= 15 is 0 Å². The lowest BCUT2D eigenvalue weighted by molar-refractivity contribution is -0.195. The van der Waals surface area contributed by atoms with Gasteiger partial charge in [0.1, 0.15) is 0 Å². The van der Waals surface area contributed by atoms with Crippen molar-refractivity contribution in [2.75, 3.05) is 34.5 Å². The van der Waals surface area contributed by atoms with Crippen LogP contribution in [0.4, 0.5) is 0 Å². The Morgan fingerprint density at radius 2 is 1.27 bits per heavy atom. The fourth-order valence-electron chi connectivity index (χ4n) is 6.22. The highest BCUT2D eigenvalue weighted by molar-refractivity contribution is 5.75. The molecule has 0 saturated carbocycles. The molecule has 0 radical (unpaired) electrons. The summed E-state index contributed by atoms with van der Waals surface area (Å²) in [7, 11) is 4.55. The van der Waals surface area contributed by atoms with Gasteiger partial charge in [-0.2, -0.15) is 0 Å². The molecule has 13 nitrogen and oxygen atoms in total. The van der Waals surface area contributed by atoms with Crippen LogP contribution in [0.1, 0.15) is 30.4 Å². The first-order valence-electron chi connectivity index (χ1n) is 14.5. The molecule has 6 atom stereocenters. The summed E-state index contributed by atoms with van der Waals surface area (Å²) in [6, 6.07) is 10.7. The number of ether oxygens (including phenoxy) is 6. The van der Waals surface area contributed by atoms with Crippen molar-refractivity contribution in [3.63, 3.8) is 0 Å². The van der Waals surface area contributed by atoms with E-state index in [1.807, 2.05) is 18.2 Å². The van der Waals surface area contributed by atoms with E-state index in [2.05, 4.69) is 0 Å². The Bertz CT molecular complexity index is 1390. The second-order valence-corrected chi connectivity index (χ2v) is 11.3. The molecule has 4 rings (SSSR count). The fourth-order valence-corrected chi connectivity index (χ4v) is 6.22. The first-order valence-corrected chi connectivity index (χ1v) is 14.5. The number of carbonyl (C=O) groups excluding carboxylic acids is 1. The van der Waals surface area contributed by atoms with Gasteiger partial charge >= 0.3 is 23.9 Å². The topological polar surface area (TPSA) is 184 Å². The maximum Gasteiger partial charge on any atom is 0.309 e. The molecule has 2 aliphatic rings. The highest BCUT2D eigenvalue weighted by atomic mass is 16.7. The van der Waals surface area contributed by atoms with Gasteiger partial charge in [0, 0.05) is 18.3 Å². The molecule has 0 aliphatic carbocycles. The summed E-state index contributed by atoms with van der Waals surface area (Å²) in [6.45, 7) is 0.164. The van der Waals surface area contributed by atoms with Crippen LogP contribution in [0.5, 0.6) is 23.0 Å². The molecular weight excluding hydrogens is 592 g/mol. The highest BCUT2D eigenvalue weighted by Gasteiger charge is 2.45. The van der Waals surface area contributed by atoms with Gasteiger partial charge in [0.15, 0.2) is 23.0 Å². The van der Waals surface area contributed by atoms with Crippen LogP contribution in [-0.4, -0.2) is 80.0 Å². The van der Waals surface area contributed by atoms with Crippen LogP contribution < -0.4 is 18.9 Å². The fraction of sp³-hybridized carbons (Fsp3) is 0.500. The Balaban J connectivity index is 1.51. The third-order valence-corrected chi connectivity index (χ3v) is 8.42. The maximum absolute atomic E-state index is 12.7. The van der Waals surface area contributed by atoms with E-state index in [9.17, 15) is 34.5 Å². The van der Waals surface area contributed by atoms with Crippen molar-refractivity contribution in [3.8, 4) is 23.0 Å². The number of carbonyl (C=O) groups is 4. The zero-order valence-corrected chi connectivity index (χ0v) is 25.3. The van der Waals surface area contributed by atoms with Gasteiger partial charge in [-0.05, 0) is 60.1 Å². The minimum Gasteiger partial charge on any atom is -0.493 e. The van der Waals surface area contributed by atoms with E-state index in [-0.39, 0.29) is 37.3 Å². The Labute approximate surface area is 259 Å². The van der Waals surface area contributed by atoms with E-state index in [0.29, 0.717) is 30.1 Å². The standard InChI is InChI=1S/C32H38O13/c1-40-24-6-4-17(10-26(24)41-2)8-19-15-43-31(39)22(19)9-18-5-7-25(27(11-18)42-3)45-32-23(14-30(37)38)21(13-29(35)36)20(16-44-32)12-28(33)34/h4-7,10-11,19-23,32H,8-9,12-16H2,1-3H3,(H,33,34)(H,35,36)(H,37,38)/t19-,20-,21-,22+,23-,32+/m0/s1. The number of esters is 1. The van der Waals surface area contributed by atoms with E-state index in [0.717, 1.165) is 11.1 Å². The predicted octanol–water partition coefficient (Wildman–Crippen LogP) is 3.29. The van der Waals surface area contributed by atoms with Gasteiger partial charge in [0.05, 0.1) is 53.3 Å². The van der Waals surface area contributed by atoms with E-state index < -0.39 is 60.7 Å². The summed E-state index contributed by atoms with van der Waals surface area (Å²) in [4.78, 5) is 47.5. The molecule has 0 unspecified atom stereocenters. The normalized spacial score (nSPS) is 24.4. The Morgan fingerprint density at radius 3 is 1.87 bits per heavy atom. The number of hydrogen-bond donors (Lipinski definition) is 3. The summed E-state index contributed by atoms with van der Waals surface area (Å²) >= 11 is 0. The minimum absolute atomic E-state index is 0.0881. The quantitative estimate of drug-likeness (QED) is 0.244. The van der Waals surface area contributed by atoms with Crippen LogP contribution in [0.15, 0.2) is 36.4 Å². The molecule has 0 spiro atoms. The van der Waals surface area contributed by atoms with Gasteiger partial charge in [-0.3, -0.25) is 19.2 Å². The SMILES string of the molecule is COc1ccc(C[C@H]2COC(=O)[C@@H]2Cc2ccc(O[C@H]3OC[C@H](CC(=O)O)[C@H](CC(=O)O)[C@@H]3CC(=O)O)c(OC)c2)cc1OC. The van der Waals surface area contributed by atoms with E-state index in [1.165, 1.54) is 7.11 Å². The monoisotopic (exact) mass is 630 g/mol. The molecule has 45 heavy (non-hydrogen) atoms. The second-order valence-electron chi connectivity index (χ2n) is 11.3. The number of hydrogen-bond acceptors (Lipinski definition) is 10. The summed E-state index contributed by atoms with van der Waals surface area (Å²) in [5, 5.41) is 28.4. The van der Waals surface area contributed by atoms with Crippen molar-refractivity contribution in [1.29, 1.82) is 0 Å². The lowest BCUT2D eigenvalue weighted by Crippen LogP contribution is -2.47. The van der Waals surface area contributed by atoms with Gasteiger partial charge < -0.3 is 43.7 Å². The smallest absolute Gasteiger partial charge is 0.309 e. The van der Waals surface area contributed by atoms with Crippen molar-refractivity contribution < 1.29 is 62.9 Å². The van der Waals surface area contributed by atoms with Crippen molar-refractivity contribution in [3.05, 3.63) is 47.5 Å². The zero-order chi connectivity index (χ0) is 32.7. The molecule has 2 saturated heterocycles. The average Bonchev–Trinajstić information content (AvgIpc) is 3.33. The number of rotatable bonds is 15. The second kappa shape index (κ2) is 15.0. The van der Waals surface area contributed by atoms with Crippen molar-refractivity contribution in [1.82, 2.24) is 0 Å². The van der Waals surface area contributed by atoms with Gasteiger partial charge in [-0.25, -0.2) is 0 Å². The number of benzene rings is 2. The number of cyclic esters (lactones) is 1. The number of carboxylic acids is 3. The molecule has 0 amide bonds. The molecule has 0 aromatic heterocycles. The molecule has 3 N–H and O–H groups in total. The molecule has 13 heteroatoms. The van der Waals surface area contributed by atoms with Crippen molar-refractivity contribution >= 4 is 23.9 Å². The first-order chi connectivity index (χ1) is 21.5. The molecule has 244 valence electrons. The molecule has 2 heterocycles. The third kappa shape index (κ3) is 8.35. The summed E-state index contributed by atoms with van der Waals surface area (Å²) in [6.07, 6.45) is -1.49. The van der Waals surface area contributed by atoms with Crippen LogP contribution >= 0.6 is 0 Å². The summed E-state index contributed by atoms with van der Waals surface area (Å²) in [5.41, 5.74) is 1.75. The Morgan fingerprint density at radius 1 is 0.711 bits per heavy atom.